The fourth-order valence-corrected chi connectivity index (χ4v) is 1.79. The third-order valence-electron chi connectivity index (χ3n) is 2.65. The molecule has 0 spiro atoms. The van der Waals surface area contributed by atoms with Gasteiger partial charge in [0.05, 0.1) is 7.11 Å². The van der Waals surface area contributed by atoms with Crippen LogP contribution in [0, 0.1) is 11.8 Å². The van der Waals surface area contributed by atoms with Gasteiger partial charge in [-0.15, -0.1) is 0 Å². The summed E-state index contributed by atoms with van der Waals surface area (Å²) in [7, 11) is 1.55. The van der Waals surface area contributed by atoms with Crippen LogP contribution >= 0.6 is 11.6 Å². The van der Waals surface area contributed by atoms with Crippen LogP contribution in [-0.4, -0.2) is 13.1 Å². The largest absolute Gasteiger partial charge is 0.496 e. The van der Waals surface area contributed by atoms with E-state index < -0.39 is 0 Å². The highest BCUT2D eigenvalue weighted by Gasteiger charge is 2.06. The van der Waals surface area contributed by atoms with Crippen molar-refractivity contribution in [3.8, 4) is 17.6 Å². The van der Waals surface area contributed by atoms with Crippen molar-refractivity contribution in [1.82, 2.24) is 0 Å². The Bertz CT molecular complexity index is 715. The molecule has 0 N–H and O–H groups in total. The molecule has 0 amide bonds. The topological polar surface area (TPSA) is 26.3 Å². The lowest BCUT2D eigenvalue weighted by Crippen LogP contribution is -1.90. The van der Waals surface area contributed by atoms with E-state index in [1.807, 2.05) is 18.1 Å². The van der Waals surface area contributed by atoms with Crippen molar-refractivity contribution in [3.05, 3.63) is 64.7 Å². The summed E-state index contributed by atoms with van der Waals surface area (Å²) in [5.74, 6) is 8.18. The van der Waals surface area contributed by atoms with E-state index in [9.17, 15) is 4.79 Å². The first kappa shape index (κ1) is 14.0. The Balaban J connectivity index is 2.36. The Morgan fingerprint density at radius 2 is 1.80 bits per heavy atom. The van der Waals surface area contributed by atoms with Crippen molar-refractivity contribution in [1.29, 1.82) is 0 Å². The number of hydrogen-bond acceptors (Lipinski definition) is 2. The number of hydrogen-bond donors (Lipinski definition) is 0. The molecule has 0 bridgehead atoms. The van der Waals surface area contributed by atoms with E-state index in [-0.39, 0.29) is 5.57 Å². The van der Waals surface area contributed by atoms with Gasteiger partial charge in [-0.3, -0.25) is 0 Å². The minimum Gasteiger partial charge on any atom is -0.496 e. The summed E-state index contributed by atoms with van der Waals surface area (Å²) in [4.78, 5) is 11.1. The molecule has 0 saturated carbocycles. The van der Waals surface area contributed by atoms with Crippen LogP contribution in [0.3, 0.4) is 0 Å². The summed E-state index contributed by atoms with van der Waals surface area (Å²) in [6.07, 6.45) is 0. The minimum atomic E-state index is 0.261. The van der Waals surface area contributed by atoms with Crippen molar-refractivity contribution < 1.29 is 9.53 Å². The molecule has 0 heterocycles. The van der Waals surface area contributed by atoms with Crippen LogP contribution in [0.25, 0.3) is 5.57 Å². The van der Waals surface area contributed by atoms with Gasteiger partial charge in [-0.25, -0.2) is 4.79 Å². The van der Waals surface area contributed by atoms with Crippen LogP contribution < -0.4 is 4.74 Å². The average molecular weight is 283 g/mol. The summed E-state index contributed by atoms with van der Waals surface area (Å²) < 4.78 is 5.21. The maximum absolute atomic E-state index is 11.1. The molecule has 2 aromatic carbocycles. The first-order chi connectivity index (χ1) is 9.74. The number of methoxy groups -OCH3 is 1. The van der Waals surface area contributed by atoms with Crippen molar-refractivity contribution in [2.45, 2.75) is 0 Å². The summed E-state index contributed by atoms with van der Waals surface area (Å²) in [6.45, 7) is 0. The number of rotatable bonds is 2. The predicted molar refractivity (Wildman–Crippen MR) is 80.4 cm³/mol. The molecule has 2 aromatic rings. The molecule has 0 atom stereocenters. The maximum atomic E-state index is 11.1. The highest BCUT2D eigenvalue weighted by Crippen LogP contribution is 2.23. The quantitative estimate of drug-likeness (QED) is 0.621. The Labute approximate surface area is 122 Å². The van der Waals surface area contributed by atoms with E-state index in [1.165, 1.54) is 0 Å². The smallest absolute Gasteiger partial charge is 0.142 e. The second-order valence-electron chi connectivity index (χ2n) is 3.93. The van der Waals surface area contributed by atoms with E-state index in [0.717, 1.165) is 5.56 Å². The van der Waals surface area contributed by atoms with E-state index in [0.29, 0.717) is 16.3 Å². The first-order valence-electron chi connectivity index (χ1n) is 5.90. The zero-order valence-corrected chi connectivity index (χ0v) is 11.6. The van der Waals surface area contributed by atoms with Gasteiger partial charge in [-0.1, -0.05) is 29.7 Å². The molecule has 98 valence electrons. The molecule has 0 aromatic heterocycles. The Hall–Kier alpha value is -2.46. The molecular formula is C17H11ClO2. The van der Waals surface area contributed by atoms with Crippen molar-refractivity contribution in [2.24, 2.45) is 0 Å². The number of para-hydroxylation sites is 1. The number of carbonyl (C=O) groups excluding carboxylic acids is 1. The molecule has 0 saturated heterocycles. The molecule has 2 rings (SSSR count). The number of halogens is 1. The van der Waals surface area contributed by atoms with Crippen LogP contribution in [0.5, 0.6) is 5.75 Å². The Morgan fingerprint density at radius 3 is 2.45 bits per heavy atom. The zero-order valence-electron chi connectivity index (χ0n) is 10.8. The van der Waals surface area contributed by atoms with Crippen LogP contribution in [0.15, 0.2) is 48.5 Å². The summed E-state index contributed by atoms with van der Waals surface area (Å²) in [5, 5.41) is 0.645. The third kappa shape index (κ3) is 3.30. The fraction of sp³-hybridized carbons (Fsp3) is 0.0588. The van der Waals surface area contributed by atoms with E-state index >= 15 is 0 Å². The number of allylic oxidation sites excluding steroid dienone is 1. The highest BCUT2D eigenvalue weighted by atomic mass is 35.5. The second-order valence-corrected chi connectivity index (χ2v) is 4.37. The standard InChI is InChI=1S/C17H11ClO2/c1-20-17-5-3-2-4-16(17)14(12-19)9-6-13-7-10-15(18)11-8-13/h2-5,7-8,10-11H,1H3. The third-order valence-corrected chi connectivity index (χ3v) is 2.91. The molecular weight excluding hydrogens is 272 g/mol. The minimum absolute atomic E-state index is 0.261. The molecule has 20 heavy (non-hydrogen) atoms. The second kappa shape index (κ2) is 6.63. The molecule has 0 radical (unpaired) electrons. The normalized spacial score (nSPS) is 9.10. The van der Waals surface area contributed by atoms with Gasteiger partial charge in [0, 0.05) is 16.1 Å². The monoisotopic (exact) mass is 282 g/mol. The van der Waals surface area contributed by atoms with Crippen LogP contribution in [0.1, 0.15) is 11.1 Å². The molecule has 2 nitrogen and oxygen atoms in total. The zero-order chi connectivity index (χ0) is 14.4. The summed E-state index contributed by atoms with van der Waals surface area (Å²) in [5.41, 5.74) is 1.67. The van der Waals surface area contributed by atoms with Crippen molar-refractivity contribution in [3.63, 3.8) is 0 Å². The van der Waals surface area contributed by atoms with Gasteiger partial charge >= 0.3 is 0 Å². The number of ether oxygens (including phenoxy) is 1. The molecule has 0 fully saturated rings. The summed E-state index contributed by atoms with van der Waals surface area (Å²) >= 11 is 5.80. The van der Waals surface area contributed by atoms with E-state index in [4.69, 9.17) is 16.3 Å². The van der Waals surface area contributed by atoms with Crippen molar-refractivity contribution in [2.75, 3.05) is 7.11 Å². The van der Waals surface area contributed by atoms with E-state index in [1.54, 1.807) is 43.5 Å². The van der Waals surface area contributed by atoms with Crippen LogP contribution in [0.2, 0.25) is 5.02 Å². The first-order valence-corrected chi connectivity index (χ1v) is 6.28. The SMILES string of the molecule is COc1ccccc1C(=C=O)C#Cc1ccc(Cl)cc1. The highest BCUT2D eigenvalue weighted by molar-refractivity contribution is 6.30. The summed E-state index contributed by atoms with van der Waals surface area (Å²) in [6, 6.07) is 14.3. The lowest BCUT2D eigenvalue weighted by Gasteiger charge is -2.04. The molecule has 0 unspecified atom stereocenters. The lowest BCUT2D eigenvalue weighted by atomic mass is 10.1. The predicted octanol–water partition coefficient (Wildman–Crippen LogP) is 3.62. The molecule has 0 aliphatic carbocycles. The number of benzene rings is 2. The Morgan fingerprint density at radius 1 is 1.10 bits per heavy atom. The van der Waals surface area contributed by atoms with Crippen LogP contribution in [0.4, 0.5) is 0 Å². The lowest BCUT2D eigenvalue weighted by molar-refractivity contribution is 0.413. The van der Waals surface area contributed by atoms with Gasteiger partial charge in [-0.05, 0) is 42.3 Å². The van der Waals surface area contributed by atoms with Gasteiger partial charge < -0.3 is 4.74 Å². The van der Waals surface area contributed by atoms with Gasteiger partial charge in [-0.2, -0.15) is 0 Å². The van der Waals surface area contributed by atoms with E-state index in [2.05, 4.69) is 11.8 Å². The fourth-order valence-electron chi connectivity index (χ4n) is 1.67. The van der Waals surface area contributed by atoms with Gasteiger partial charge in [0.1, 0.15) is 17.3 Å². The van der Waals surface area contributed by atoms with Crippen molar-refractivity contribution >= 4 is 23.1 Å². The Kier molecular flexibility index (Phi) is 4.63. The molecule has 0 aliphatic heterocycles. The van der Waals surface area contributed by atoms with Gasteiger partial charge in [0.25, 0.3) is 0 Å². The van der Waals surface area contributed by atoms with Crippen LogP contribution in [-0.2, 0) is 4.79 Å². The average Bonchev–Trinajstić information content (AvgIpc) is 2.50. The van der Waals surface area contributed by atoms with Gasteiger partial charge in [0.2, 0.25) is 0 Å². The molecule has 0 aliphatic rings. The van der Waals surface area contributed by atoms with Gasteiger partial charge in [0.15, 0.2) is 0 Å². The maximum Gasteiger partial charge on any atom is 0.142 e. The molecule has 3 heteroatoms.